The lowest BCUT2D eigenvalue weighted by atomic mass is 9.86. The molecule has 5 N–H and O–H groups in total. The monoisotopic (exact) mass is 452 g/mol. The Kier molecular flexibility index (Phi) is 7.50. The first-order chi connectivity index (χ1) is 15.1. The molecule has 32 heavy (non-hydrogen) atoms. The van der Waals surface area contributed by atoms with Crippen LogP contribution < -0.4 is 5.32 Å². The van der Waals surface area contributed by atoms with Crippen LogP contribution in [-0.2, 0) is 14.3 Å². The molecule has 0 saturated carbocycles. The van der Waals surface area contributed by atoms with Crippen molar-refractivity contribution in [2.45, 2.75) is 62.9 Å². The van der Waals surface area contributed by atoms with Crippen LogP contribution >= 0.6 is 0 Å². The number of alkyl halides is 1. The summed E-state index contributed by atoms with van der Waals surface area (Å²) in [5.41, 5.74) is 0. The molecule has 10 heteroatoms. The van der Waals surface area contributed by atoms with E-state index in [4.69, 9.17) is 4.74 Å². The lowest BCUT2D eigenvalue weighted by molar-refractivity contribution is -0.202. The summed E-state index contributed by atoms with van der Waals surface area (Å²) in [6, 6.07) is 4.75. The molecule has 176 valence electrons. The second kappa shape index (κ2) is 9.95. The first-order valence-electron chi connectivity index (χ1n) is 10.5. The molecule has 1 aromatic heterocycles. The number of rotatable bonds is 8. The molecule has 1 amide bonds. The molecule has 1 aromatic carbocycles. The van der Waals surface area contributed by atoms with E-state index in [9.17, 15) is 30.0 Å². The number of benzene rings is 1. The molecule has 1 aliphatic heterocycles. The zero-order valence-electron chi connectivity index (χ0n) is 17.8. The Morgan fingerprint density at radius 2 is 1.78 bits per heavy atom. The van der Waals surface area contributed by atoms with Crippen LogP contribution in [0.5, 0.6) is 0 Å². The van der Waals surface area contributed by atoms with Crippen molar-refractivity contribution in [1.29, 1.82) is 0 Å². The second-order valence-electron chi connectivity index (χ2n) is 8.56. The summed E-state index contributed by atoms with van der Waals surface area (Å²) in [5, 5.41) is 43.6. The number of halogens is 1. The van der Waals surface area contributed by atoms with E-state index in [1.54, 1.807) is 36.7 Å². The molecule has 2 unspecified atom stereocenters. The topological polar surface area (TPSA) is 141 Å². The van der Waals surface area contributed by atoms with Crippen LogP contribution in [0.2, 0.25) is 0 Å². The number of aliphatic hydroxyl groups excluding tert-OH is 3. The van der Waals surface area contributed by atoms with Crippen molar-refractivity contribution in [1.82, 2.24) is 9.88 Å². The molecule has 2 aromatic rings. The zero-order chi connectivity index (χ0) is 23.6. The summed E-state index contributed by atoms with van der Waals surface area (Å²) in [6.07, 6.45) is -5.60. The minimum Gasteiger partial charge on any atom is -0.479 e. The predicted octanol–water partition coefficient (Wildman–Crippen LogP) is 0.618. The minimum atomic E-state index is -2.08. The summed E-state index contributed by atoms with van der Waals surface area (Å²) in [5.74, 6) is -2.03. The quantitative estimate of drug-likeness (QED) is 0.395. The standard InChI is InChI=1S/C22H29FN2O7/c1-11(2)7-15(28)24-17-18(25-8-12-5-3-4-6-13(12)9-25)16(23)20(22(30)31)32-21(17)19(29)14(27)10-26/h3-6,8-9,11,14,16-21,26-27,29H,7,10H2,1-2H3,(H,24,28)(H,30,31)/t14-,16?,17-,18+,19-,20?,21-/m1/s1. The number of amides is 1. The van der Waals surface area contributed by atoms with Gasteiger partial charge in [0.25, 0.3) is 0 Å². The first-order valence-corrected chi connectivity index (χ1v) is 10.5. The van der Waals surface area contributed by atoms with Crippen molar-refractivity contribution in [2.75, 3.05) is 6.61 Å². The third kappa shape index (κ3) is 4.93. The number of fused-ring (bicyclic) bond motifs is 1. The van der Waals surface area contributed by atoms with Crippen LogP contribution in [0.15, 0.2) is 36.7 Å². The third-order valence-electron chi connectivity index (χ3n) is 5.64. The van der Waals surface area contributed by atoms with Gasteiger partial charge in [-0.15, -0.1) is 0 Å². The van der Waals surface area contributed by atoms with E-state index < -0.39 is 61.2 Å². The van der Waals surface area contributed by atoms with Gasteiger partial charge in [-0.2, -0.15) is 0 Å². The normalized spacial score (nSPS) is 27.9. The van der Waals surface area contributed by atoms with E-state index >= 15 is 4.39 Å². The maximum atomic E-state index is 15.6. The Morgan fingerprint density at radius 3 is 2.28 bits per heavy atom. The van der Waals surface area contributed by atoms with Crippen LogP contribution in [0, 0.1) is 5.92 Å². The summed E-state index contributed by atoms with van der Waals surface area (Å²) in [7, 11) is 0. The molecule has 9 nitrogen and oxygen atoms in total. The molecule has 0 radical (unpaired) electrons. The average Bonchev–Trinajstić information content (AvgIpc) is 3.15. The van der Waals surface area contributed by atoms with E-state index in [0.717, 1.165) is 10.8 Å². The third-order valence-corrected chi connectivity index (χ3v) is 5.64. The molecule has 1 saturated heterocycles. The number of carbonyl (C=O) groups excluding carboxylic acids is 1. The van der Waals surface area contributed by atoms with E-state index in [1.807, 2.05) is 13.8 Å². The highest BCUT2D eigenvalue weighted by Gasteiger charge is 2.53. The molecule has 7 atom stereocenters. The van der Waals surface area contributed by atoms with Gasteiger partial charge in [-0.1, -0.05) is 38.1 Å². The zero-order valence-corrected chi connectivity index (χ0v) is 17.8. The first kappa shape index (κ1) is 24.1. The SMILES string of the molecule is CC(C)CC(=O)N[C@H]1[C@H]([C@H](O)[C@H](O)CO)OC(C(=O)O)C(F)[C@@H]1n1cc2ccccc2c1. The van der Waals surface area contributed by atoms with Gasteiger partial charge in [0.15, 0.2) is 12.3 Å². The van der Waals surface area contributed by atoms with Gasteiger partial charge >= 0.3 is 5.97 Å². The number of carbonyl (C=O) groups is 2. The van der Waals surface area contributed by atoms with Gasteiger partial charge in [0.1, 0.15) is 18.3 Å². The van der Waals surface area contributed by atoms with Gasteiger partial charge in [0, 0.05) is 18.8 Å². The van der Waals surface area contributed by atoms with E-state index in [0.29, 0.717) is 0 Å². The Morgan fingerprint density at radius 1 is 1.19 bits per heavy atom. The van der Waals surface area contributed by atoms with Crippen molar-refractivity contribution in [3.63, 3.8) is 0 Å². The van der Waals surface area contributed by atoms with E-state index in [2.05, 4.69) is 5.32 Å². The summed E-state index contributed by atoms with van der Waals surface area (Å²) >= 11 is 0. The van der Waals surface area contributed by atoms with E-state index in [1.165, 1.54) is 4.57 Å². The van der Waals surface area contributed by atoms with Gasteiger partial charge in [0.05, 0.1) is 18.7 Å². The van der Waals surface area contributed by atoms with Gasteiger partial charge in [0.2, 0.25) is 5.91 Å². The van der Waals surface area contributed by atoms with Crippen molar-refractivity contribution in [2.24, 2.45) is 5.92 Å². The van der Waals surface area contributed by atoms with Gasteiger partial charge < -0.3 is 35.0 Å². The maximum absolute atomic E-state index is 15.6. The maximum Gasteiger partial charge on any atom is 0.335 e. The molecule has 1 aliphatic rings. The number of nitrogens with zero attached hydrogens (tertiary/aromatic N) is 1. The molecule has 3 rings (SSSR count). The van der Waals surface area contributed by atoms with Gasteiger partial charge in [-0.05, 0) is 16.7 Å². The molecule has 0 spiro atoms. The molecular formula is C22H29FN2O7. The van der Waals surface area contributed by atoms with Crippen molar-refractivity contribution >= 4 is 22.6 Å². The van der Waals surface area contributed by atoms with Crippen LogP contribution in [0.4, 0.5) is 4.39 Å². The Hall–Kier alpha value is -2.53. The fourth-order valence-corrected chi connectivity index (χ4v) is 4.12. The lowest BCUT2D eigenvalue weighted by Crippen LogP contribution is -2.65. The lowest BCUT2D eigenvalue weighted by Gasteiger charge is -2.45. The van der Waals surface area contributed by atoms with E-state index in [-0.39, 0.29) is 12.3 Å². The number of aliphatic hydroxyl groups is 3. The Bertz CT molecular complexity index is 916. The number of aliphatic carboxylic acids is 1. The average molecular weight is 452 g/mol. The summed E-state index contributed by atoms with van der Waals surface area (Å²) in [4.78, 5) is 24.3. The smallest absolute Gasteiger partial charge is 0.335 e. The number of hydrogen-bond donors (Lipinski definition) is 5. The molecule has 1 fully saturated rings. The van der Waals surface area contributed by atoms with Crippen LogP contribution in [-0.4, -0.2) is 80.1 Å². The molecular weight excluding hydrogens is 423 g/mol. The van der Waals surface area contributed by atoms with Crippen molar-refractivity contribution < 1.29 is 39.1 Å². The largest absolute Gasteiger partial charge is 0.479 e. The number of hydrogen-bond acceptors (Lipinski definition) is 6. The highest BCUT2D eigenvalue weighted by molar-refractivity contribution is 5.82. The fraction of sp³-hybridized carbons (Fsp3) is 0.545. The number of carboxylic acids is 1. The van der Waals surface area contributed by atoms with Crippen molar-refractivity contribution in [3.8, 4) is 0 Å². The summed E-state index contributed by atoms with van der Waals surface area (Å²) in [6.45, 7) is 2.82. The van der Waals surface area contributed by atoms with Gasteiger partial charge in [-0.25, -0.2) is 9.18 Å². The summed E-state index contributed by atoms with van der Waals surface area (Å²) < 4.78 is 22.4. The molecule has 2 heterocycles. The number of ether oxygens (including phenoxy) is 1. The number of aromatic nitrogens is 1. The van der Waals surface area contributed by atoms with Crippen LogP contribution in [0.1, 0.15) is 26.3 Å². The highest BCUT2D eigenvalue weighted by atomic mass is 19.1. The fourth-order valence-electron chi connectivity index (χ4n) is 4.12. The molecule has 0 aliphatic carbocycles. The number of carboxylic acid groups (broad SMARTS) is 1. The second-order valence-corrected chi connectivity index (χ2v) is 8.56. The highest BCUT2D eigenvalue weighted by Crippen LogP contribution is 2.36. The van der Waals surface area contributed by atoms with Crippen LogP contribution in [0.3, 0.4) is 0 Å². The molecule has 0 bridgehead atoms. The Balaban J connectivity index is 2.08. The number of nitrogens with one attached hydrogen (secondary N) is 1. The van der Waals surface area contributed by atoms with Gasteiger partial charge in [-0.3, -0.25) is 4.79 Å². The van der Waals surface area contributed by atoms with Crippen molar-refractivity contribution in [3.05, 3.63) is 36.7 Å². The van der Waals surface area contributed by atoms with Crippen LogP contribution in [0.25, 0.3) is 10.8 Å². The predicted molar refractivity (Wildman–Crippen MR) is 113 cm³/mol. The minimum absolute atomic E-state index is 0.00790. The Labute approximate surface area is 184 Å².